The Bertz CT molecular complexity index is 433. The third-order valence-corrected chi connectivity index (χ3v) is 5.51. The molecule has 0 radical (unpaired) electrons. The summed E-state index contributed by atoms with van der Waals surface area (Å²) in [6.45, 7) is 10.8. The predicted molar refractivity (Wildman–Crippen MR) is 83.8 cm³/mol. The van der Waals surface area contributed by atoms with Gasteiger partial charge in [-0.05, 0) is 51.4 Å². The molecule has 2 amide bonds. The minimum absolute atomic E-state index is 0.0164. The molecule has 0 bridgehead atoms. The Morgan fingerprint density at radius 3 is 2.38 bits per heavy atom. The second kappa shape index (κ2) is 5.62. The van der Waals surface area contributed by atoms with Crippen LogP contribution in [0.15, 0.2) is 0 Å². The number of rotatable bonds is 6. The van der Waals surface area contributed by atoms with Gasteiger partial charge in [-0.25, -0.2) is 0 Å². The second-order valence-electron chi connectivity index (χ2n) is 7.37. The summed E-state index contributed by atoms with van der Waals surface area (Å²) in [6.07, 6.45) is 4.95. The Hall–Kier alpha value is -1.06. The van der Waals surface area contributed by atoms with Gasteiger partial charge in [0.05, 0.1) is 0 Å². The van der Waals surface area contributed by atoms with Gasteiger partial charge >= 0.3 is 0 Å². The molecule has 1 aliphatic carbocycles. The van der Waals surface area contributed by atoms with Crippen molar-refractivity contribution in [2.45, 2.75) is 77.8 Å². The fourth-order valence-electron chi connectivity index (χ4n) is 3.52. The molecule has 1 saturated carbocycles. The van der Waals surface area contributed by atoms with Crippen LogP contribution in [-0.4, -0.2) is 34.3 Å². The van der Waals surface area contributed by atoms with E-state index in [1.165, 1.54) is 0 Å². The molecule has 120 valence electrons. The molecule has 3 atom stereocenters. The van der Waals surface area contributed by atoms with Crippen LogP contribution >= 0.6 is 0 Å². The second-order valence-corrected chi connectivity index (χ2v) is 7.37. The first-order valence-electron chi connectivity index (χ1n) is 8.44. The third kappa shape index (κ3) is 2.69. The van der Waals surface area contributed by atoms with Crippen molar-refractivity contribution in [1.29, 1.82) is 0 Å². The van der Waals surface area contributed by atoms with Gasteiger partial charge in [0.25, 0.3) is 0 Å². The van der Waals surface area contributed by atoms with Crippen molar-refractivity contribution < 1.29 is 9.59 Å². The molecule has 21 heavy (non-hydrogen) atoms. The van der Waals surface area contributed by atoms with E-state index >= 15 is 0 Å². The summed E-state index contributed by atoms with van der Waals surface area (Å²) >= 11 is 0. The monoisotopic (exact) mass is 294 g/mol. The summed E-state index contributed by atoms with van der Waals surface area (Å²) in [5.41, 5.74) is -1.38. The van der Waals surface area contributed by atoms with Crippen molar-refractivity contribution >= 4 is 11.8 Å². The SMILES string of the molecule is CCCC(C)CN1C(=O)C(C)(C2CC2)NC(=O)C1(C)CC. The standard InChI is InChI=1S/C17H30N2O2/c1-6-8-12(3)11-19-15(21)17(5,13-9-10-13)18-14(20)16(19,4)7-2/h12-13H,6-11H2,1-5H3,(H,18,20). The largest absolute Gasteiger partial charge is 0.340 e. The van der Waals surface area contributed by atoms with Gasteiger partial charge in [0.15, 0.2) is 0 Å². The topological polar surface area (TPSA) is 49.4 Å². The van der Waals surface area contributed by atoms with E-state index in [-0.39, 0.29) is 11.8 Å². The van der Waals surface area contributed by atoms with Crippen LogP contribution in [0.1, 0.15) is 66.7 Å². The van der Waals surface area contributed by atoms with E-state index < -0.39 is 11.1 Å². The summed E-state index contributed by atoms with van der Waals surface area (Å²) < 4.78 is 0. The Morgan fingerprint density at radius 2 is 1.90 bits per heavy atom. The van der Waals surface area contributed by atoms with Gasteiger partial charge in [-0.15, -0.1) is 0 Å². The molecule has 1 heterocycles. The number of hydrogen-bond donors (Lipinski definition) is 1. The molecular weight excluding hydrogens is 264 g/mol. The normalized spacial score (nSPS) is 34.8. The minimum atomic E-state index is -0.701. The lowest BCUT2D eigenvalue weighted by molar-refractivity contribution is -0.163. The number of piperazine rings is 1. The Balaban J connectivity index is 2.29. The summed E-state index contributed by atoms with van der Waals surface area (Å²) in [5, 5.41) is 3.05. The highest BCUT2D eigenvalue weighted by atomic mass is 16.2. The molecule has 2 rings (SSSR count). The number of amides is 2. The van der Waals surface area contributed by atoms with Gasteiger partial charge < -0.3 is 10.2 Å². The highest BCUT2D eigenvalue weighted by Crippen LogP contribution is 2.44. The predicted octanol–water partition coefficient (Wildman–Crippen LogP) is 2.72. The number of hydrogen-bond acceptors (Lipinski definition) is 2. The fraction of sp³-hybridized carbons (Fsp3) is 0.882. The molecule has 1 N–H and O–H groups in total. The van der Waals surface area contributed by atoms with Gasteiger partial charge in [-0.3, -0.25) is 9.59 Å². The van der Waals surface area contributed by atoms with Crippen molar-refractivity contribution in [2.75, 3.05) is 6.54 Å². The summed E-state index contributed by atoms with van der Waals surface area (Å²) in [4.78, 5) is 27.7. The lowest BCUT2D eigenvalue weighted by atomic mass is 9.82. The summed E-state index contributed by atoms with van der Waals surface area (Å²) in [5.74, 6) is 0.887. The number of nitrogens with one attached hydrogen (secondary N) is 1. The maximum atomic E-state index is 13.1. The van der Waals surface area contributed by atoms with Crippen LogP contribution in [0, 0.1) is 11.8 Å². The zero-order valence-corrected chi connectivity index (χ0v) is 14.2. The first-order chi connectivity index (χ1) is 9.79. The lowest BCUT2D eigenvalue weighted by Gasteiger charge is -2.51. The zero-order valence-electron chi connectivity index (χ0n) is 14.2. The number of carbonyl (C=O) groups excluding carboxylic acids is 2. The quantitative estimate of drug-likeness (QED) is 0.819. The molecule has 4 heteroatoms. The molecule has 0 aromatic carbocycles. The maximum absolute atomic E-state index is 13.1. The van der Waals surface area contributed by atoms with E-state index in [4.69, 9.17) is 0 Å². The van der Waals surface area contributed by atoms with Gasteiger partial charge in [-0.2, -0.15) is 0 Å². The van der Waals surface area contributed by atoms with Gasteiger partial charge in [0.1, 0.15) is 11.1 Å². The van der Waals surface area contributed by atoms with Crippen LogP contribution in [0.25, 0.3) is 0 Å². The maximum Gasteiger partial charge on any atom is 0.249 e. The molecule has 0 aromatic heterocycles. The van der Waals surface area contributed by atoms with E-state index in [9.17, 15) is 9.59 Å². The van der Waals surface area contributed by atoms with Crippen LogP contribution in [-0.2, 0) is 9.59 Å². The average molecular weight is 294 g/mol. The molecule has 3 unspecified atom stereocenters. The zero-order chi connectivity index (χ0) is 15.8. The first kappa shape index (κ1) is 16.3. The van der Waals surface area contributed by atoms with E-state index in [0.29, 0.717) is 24.8 Å². The van der Waals surface area contributed by atoms with Crippen molar-refractivity contribution in [3.8, 4) is 0 Å². The van der Waals surface area contributed by atoms with E-state index in [1.807, 2.05) is 25.7 Å². The van der Waals surface area contributed by atoms with Crippen LogP contribution < -0.4 is 5.32 Å². The Morgan fingerprint density at radius 1 is 1.29 bits per heavy atom. The molecule has 1 aliphatic heterocycles. The Labute approximate surface area is 128 Å². The summed E-state index contributed by atoms with van der Waals surface area (Å²) in [6, 6.07) is 0. The van der Waals surface area contributed by atoms with Crippen LogP contribution in [0.2, 0.25) is 0 Å². The van der Waals surface area contributed by atoms with Crippen molar-refractivity contribution in [3.05, 3.63) is 0 Å². The molecule has 2 aliphatic rings. The molecular formula is C17H30N2O2. The van der Waals surface area contributed by atoms with E-state index in [0.717, 1.165) is 25.7 Å². The number of carbonyl (C=O) groups is 2. The van der Waals surface area contributed by atoms with Crippen molar-refractivity contribution in [3.63, 3.8) is 0 Å². The number of nitrogens with zero attached hydrogens (tertiary/aromatic N) is 1. The third-order valence-electron chi connectivity index (χ3n) is 5.51. The van der Waals surface area contributed by atoms with Crippen LogP contribution in [0.3, 0.4) is 0 Å². The van der Waals surface area contributed by atoms with Gasteiger partial charge in [0.2, 0.25) is 11.8 Å². The van der Waals surface area contributed by atoms with Gasteiger partial charge in [0, 0.05) is 6.54 Å². The smallest absolute Gasteiger partial charge is 0.249 e. The minimum Gasteiger partial charge on any atom is -0.340 e. The molecule has 4 nitrogen and oxygen atoms in total. The van der Waals surface area contributed by atoms with Crippen molar-refractivity contribution in [2.24, 2.45) is 11.8 Å². The van der Waals surface area contributed by atoms with E-state index in [2.05, 4.69) is 19.2 Å². The van der Waals surface area contributed by atoms with Crippen LogP contribution in [0.4, 0.5) is 0 Å². The molecule has 0 spiro atoms. The lowest BCUT2D eigenvalue weighted by Crippen LogP contribution is -2.75. The average Bonchev–Trinajstić information content (AvgIpc) is 3.26. The molecule has 1 saturated heterocycles. The highest BCUT2D eigenvalue weighted by molar-refractivity contribution is 6.02. The van der Waals surface area contributed by atoms with Gasteiger partial charge in [-0.1, -0.05) is 27.2 Å². The van der Waals surface area contributed by atoms with Crippen molar-refractivity contribution in [1.82, 2.24) is 10.2 Å². The first-order valence-corrected chi connectivity index (χ1v) is 8.44. The fourth-order valence-corrected chi connectivity index (χ4v) is 3.52. The van der Waals surface area contributed by atoms with Crippen LogP contribution in [0.5, 0.6) is 0 Å². The summed E-state index contributed by atoms with van der Waals surface area (Å²) in [7, 11) is 0. The highest BCUT2D eigenvalue weighted by Gasteiger charge is 2.58. The molecule has 0 aromatic rings. The van der Waals surface area contributed by atoms with E-state index in [1.54, 1.807) is 0 Å². The molecule has 2 fully saturated rings. The Kier molecular flexibility index (Phi) is 4.36.